The highest BCUT2D eigenvalue weighted by molar-refractivity contribution is 9.10. The van der Waals surface area contributed by atoms with Crippen LogP contribution in [0.1, 0.15) is 18.6 Å². The normalized spacial score (nSPS) is 13.0. The Morgan fingerprint density at radius 2 is 1.77 bits per heavy atom. The van der Waals surface area contributed by atoms with Crippen LogP contribution in [0.2, 0.25) is 0 Å². The standard InChI is InChI=1S/C9H9BrF2O/c1-5(13-2)9-7(11)3-6(10)4-8(9)12/h3-5H,1-2H3/t5-/m0/s1. The van der Waals surface area contributed by atoms with Crippen LogP contribution in [-0.4, -0.2) is 7.11 Å². The first-order chi connectivity index (χ1) is 6.06. The van der Waals surface area contributed by atoms with Crippen LogP contribution in [-0.2, 0) is 4.74 Å². The topological polar surface area (TPSA) is 9.23 Å². The number of hydrogen-bond donors (Lipinski definition) is 0. The molecule has 0 aromatic heterocycles. The predicted molar refractivity (Wildman–Crippen MR) is 49.5 cm³/mol. The molecule has 1 aromatic carbocycles. The average Bonchev–Trinajstić information content (AvgIpc) is 2.02. The van der Waals surface area contributed by atoms with Gasteiger partial charge in [-0.1, -0.05) is 15.9 Å². The Labute approximate surface area is 83.8 Å². The average molecular weight is 251 g/mol. The van der Waals surface area contributed by atoms with Gasteiger partial charge in [0.2, 0.25) is 0 Å². The summed E-state index contributed by atoms with van der Waals surface area (Å²) >= 11 is 3.00. The minimum absolute atomic E-state index is 0.0364. The highest BCUT2D eigenvalue weighted by atomic mass is 79.9. The molecule has 0 spiro atoms. The van der Waals surface area contributed by atoms with Gasteiger partial charge in [0.05, 0.1) is 11.7 Å². The zero-order chi connectivity index (χ0) is 10.0. The van der Waals surface area contributed by atoms with Gasteiger partial charge in [0.1, 0.15) is 11.6 Å². The number of halogens is 3. The van der Waals surface area contributed by atoms with Crippen molar-refractivity contribution < 1.29 is 13.5 Å². The molecule has 72 valence electrons. The summed E-state index contributed by atoms with van der Waals surface area (Å²) in [6.45, 7) is 1.59. The fourth-order valence-electron chi connectivity index (χ4n) is 1.06. The predicted octanol–water partition coefficient (Wildman–Crippen LogP) is 3.43. The molecule has 0 saturated heterocycles. The number of methoxy groups -OCH3 is 1. The zero-order valence-corrected chi connectivity index (χ0v) is 8.86. The molecule has 0 heterocycles. The quantitative estimate of drug-likeness (QED) is 0.782. The molecule has 1 nitrogen and oxygen atoms in total. The molecule has 0 aliphatic rings. The summed E-state index contributed by atoms with van der Waals surface area (Å²) in [5.41, 5.74) is -0.0364. The van der Waals surface area contributed by atoms with Crippen molar-refractivity contribution in [2.24, 2.45) is 0 Å². The van der Waals surface area contributed by atoms with E-state index in [-0.39, 0.29) is 5.56 Å². The van der Waals surface area contributed by atoms with Crippen molar-refractivity contribution in [3.63, 3.8) is 0 Å². The van der Waals surface area contributed by atoms with E-state index >= 15 is 0 Å². The maximum Gasteiger partial charge on any atom is 0.133 e. The second kappa shape index (κ2) is 4.15. The first kappa shape index (κ1) is 10.6. The minimum Gasteiger partial charge on any atom is -0.377 e. The van der Waals surface area contributed by atoms with Crippen molar-refractivity contribution >= 4 is 15.9 Å². The van der Waals surface area contributed by atoms with Crippen LogP contribution in [0, 0.1) is 11.6 Å². The van der Waals surface area contributed by atoms with E-state index in [9.17, 15) is 8.78 Å². The van der Waals surface area contributed by atoms with Gasteiger partial charge in [-0.05, 0) is 19.1 Å². The van der Waals surface area contributed by atoms with Gasteiger partial charge in [-0.2, -0.15) is 0 Å². The summed E-state index contributed by atoms with van der Waals surface area (Å²) in [7, 11) is 1.41. The van der Waals surface area contributed by atoms with E-state index in [2.05, 4.69) is 15.9 Å². The SMILES string of the molecule is CO[C@@H](C)c1c(F)cc(Br)cc1F. The Hall–Kier alpha value is -0.480. The fourth-order valence-corrected chi connectivity index (χ4v) is 1.46. The molecule has 1 atom stereocenters. The van der Waals surface area contributed by atoms with Gasteiger partial charge >= 0.3 is 0 Å². The highest BCUT2D eigenvalue weighted by Crippen LogP contribution is 2.26. The Morgan fingerprint density at radius 3 is 2.15 bits per heavy atom. The van der Waals surface area contributed by atoms with Crippen molar-refractivity contribution in [3.8, 4) is 0 Å². The Bertz CT molecular complexity index is 291. The molecule has 0 aliphatic carbocycles. The Kier molecular flexibility index (Phi) is 3.39. The van der Waals surface area contributed by atoms with Gasteiger partial charge < -0.3 is 4.74 Å². The van der Waals surface area contributed by atoms with Crippen LogP contribution < -0.4 is 0 Å². The third-order valence-corrected chi connectivity index (χ3v) is 2.26. The smallest absolute Gasteiger partial charge is 0.133 e. The maximum absolute atomic E-state index is 13.2. The zero-order valence-electron chi connectivity index (χ0n) is 7.27. The minimum atomic E-state index is -0.596. The maximum atomic E-state index is 13.2. The third-order valence-electron chi connectivity index (χ3n) is 1.80. The largest absolute Gasteiger partial charge is 0.377 e. The van der Waals surface area contributed by atoms with Gasteiger partial charge in [-0.15, -0.1) is 0 Å². The van der Waals surface area contributed by atoms with E-state index < -0.39 is 17.7 Å². The van der Waals surface area contributed by atoms with Gasteiger partial charge in [0, 0.05) is 11.6 Å². The summed E-state index contributed by atoms with van der Waals surface area (Å²) < 4.78 is 31.6. The van der Waals surface area contributed by atoms with Gasteiger partial charge in [0.25, 0.3) is 0 Å². The molecule has 1 rings (SSSR count). The summed E-state index contributed by atoms with van der Waals surface area (Å²) in [4.78, 5) is 0. The van der Waals surface area contributed by atoms with Crippen molar-refractivity contribution in [1.82, 2.24) is 0 Å². The van der Waals surface area contributed by atoms with Crippen LogP contribution in [0.5, 0.6) is 0 Å². The summed E-state index contributed by atoms with van der Waals surface area (Å²) in [6, 6.07) is 2.43. The molecule has 1 aromatic rings. The molecule has 0 saturated carbocycles. The van der Waals surface area contributed by atoms with Crippen LogP contribution >= 0.6 is 15.9 Å². The van der Waals surface area contributed by atoms with Crippen molar-refractivity contribution in [2.75, 3.05) is 7.11 Å². The molecule has 4 heteroatoms. The third kappa shape index (κ3) is 2.25. The number of benzene rings is 1. The lowest BCUT2D eigenvalue weighted by molar-refractivity contribution is 0.112. The lowest BCUT2D eigenvalue weighted by Gasteiger charge is -2.11. The summed E-state index contributed by atoms with van der Waals surface area (Å²) in [6.07, 6.45) is -0.576. The van der Waals surface area contributed by atoms with E-state index in [0.29, 0.717) is 4.47 Å². The van der Waals surface area contributed by atoms with E-state index in [4.69, 9.17) is 4.74 Å². The second-order valence-corrected chi connectivity index (χ2v) is 3.58. The summed E-state index contributed by atoms with van der Waals surface area (Å²) in [5, 5.41) is 0. The molecular formula is C9H9BrF2O. The van der Waals surface area contributed by atoms with Crippen LogP contribution in [0.25, 0.3) is 0 Å². The van der Waals surface area contributed by atoms with Crippen molar-refractivity contribution in [3.05, 3.63) is 33.8 Å². The van der Waals surface area contributed by atoms with E-state index in [1.54, 1.807) is 6.92 Å². The Balaban J connectivity index is 3.20. The van der Waals surface area contributed by atoms with Crippen LogP contribution in [0.15, 0.2) is 16.6 Å². The molecule has 0 unspecified atom stereocenters. The number of hydrogen-bond acceptors (Lipinski definition) is 1. The van der Waals surface area contributed by atoms with Crippen molar-refractivity contribution in [2.45, 2.75) is 13.0 Å². The Morgan fingerprint density at radius 1 is 1.31 bits per heavy atom. The monoisotopic (exact) mass is 250 g/mol. The van der Waals surface area contributed by atoms with E-state index in [1.807, 2.05) is 0 Å². The molecule has 0 bridgehead atoms. The highest BCUT2D eigenvalue weighted by Gasteiger charge is 2.16. The molecule has 0 radical (unpaired) electrons. The summed E-state index contributed by atoms with van der Waals surface area (Å²) in [5.74, 6) is -1.19. The van der Waals surface area contributed by atoms with Gasteiger partial charge in [-0.3, -0.25) is 0 Å². The number of rotatable bonds is 2. The van der Waals surface area contributed by atoms with E-state index in [1.165, 1.54) is 19.2 Å². The molecule has 0 fully saturated rings. The molecule has 0 amide bonds. The van der Waals surface area contributed by atoms with E-state index in [0.717, 1.165) is 0 Å². The van der Waals surface area contributed by atoms with Crippen LogP contribution in [0.3, 0.4) is 0 Å². The first-order valence-corrected chi connectivity index (χ1v) is 4.52. The van der Waals surface area contributed by atoms with Gasteiger partial charge in [0.15, 0.2) is 0 Å². The molecular weight excluding hydrogens is 242 g/mol. The lowest BCUT2D eigenvalue weighted by atomic mass is 10.1. The van der Waals surface area contributed by atoms with Gasteiger partial charge in [-0.25, -0.2) is 8.78 Å². The first-order valence-electron chi connectivity index (χ1n) is 3.73. The fraction of sp³-hybridized carbons (Fsp3) is 0.333. The lowest BCUT2D eigenvalue weighted by Crippen LogP contribution is -2.03. The molecule has 0 aliphatic heterocycles. The second-order valence-electron chi connectivity index (χ2n) is 2.66. The van der Waals surface area contributed by atoms with Crippen molar-refractivity contribution in [1.29, 1.82) is 0 Å². The number of ether oxygens (including phenoxy) is 1. The molecule has 0 N–H and O–H groups in total. The molecule has 13 heavy (non-hydrogen) atoms. The van der Waals surface area contributed by atoms with Crippen LogP contribution in [0.4, 0.5) is 8.78 Å².